The van der Waals surface area contributed by atoms with E-state index in [1.165, 1.54) is 6.07 Å². The summed E-state index contributed by atoms with van der Waals surface area (Å²) in [5, 5.41) is 24.0. The van der Waals surface area contributed by atoms with Gasteiger partial charge in [-0.3, -0.25) is 4.79 Å². The summed E-state index contributed by atoms with van der Waals surface area (Å²) in [5.74, 6) is 0.128. The van der Waals surface area contributed by atoms with Crippen LogP contribution in [0.1, 0.15) is 21.6 Å². The number of phenolic OH excluding ortho intramolecular Hbond substituents is 2. The molecule has 28 heavy (non-hydrogen) atoms. The number of nitrogens with zero attached hydrogens (tertiary/aromatic N) is 1. The van der Waals surface area contributed by atoms with Gasteiger partial charge in [0.1, 0.15) is 28.6 Å². The van der Waals surface area contributed by atoms with E-state index < -0.39 is 5.78 Å². The molecule has 7 heteroatoms. The van der Waals surface area contributed by atoms with E-state index in [0.29, 0.717) is 6.54 Å². The summed E-state index contributed by atoms with van der Waals surface area (Å²) in [6, 6.07) is 8.34. The van der Waals surface area contributed by atoms with E-state index >= 15 is 0 Å². The van der Waals surface area contributed by atoms with E-state index in [1.807, 2.05) is 18.2 Å². The number of rotatable bonds is 2. The van der Waals surface area contributed by atoms with Gasteiger partial charge in [0, 0.05) is 53.9 Å². The lowest BCUT2D eigenvalue weighted by atomic mass is 10.1. The van der Waals surface area contributed by atoms with Gasteiger partial charge in [0.15, 0.2) is 5.76 Å². The lowest BCUT2D eigenvalue weighted by Gasteiger charge is -2.18. The van der Waals surface area contributed by atoms with Crippen LogP contribution in [-0.2, 0) is 13.1 Å². The molecule has 142 valence electrons. The number of hydrogen-bond donors (Lipinski definition) is 3. The summed E-state index contributed by atoms with van der Waals surface area (Å²) >= 11 is 0. The van der Waals surface area contributed by atoms with Crippen molar-refractivity contribution in [2.45, 2.75) is 13.1 Å². The average Bonchev–Trinajstić information content (AvgIpc) is 3.17. The molecule has 3 heterocycles. The Balaban J connectivity index is 1.70. The molecule has 3 aromatic rings. The molecule has 3 N–H and O–H groups in total. The van der Waals surface area contributed by atoms with E-state index in [-0.39, 0.29) is 28.6 Å². The molecular weight excluding hydrogens is 360 g/mol. The van der Waals surface area contributed by atoms with Gasteiger partial charge in [-0.05, 0) is 24.3 Å². The summed E-state index contributed by atoms with van der Waals surface area (Å²) in [4.78, 5) is 12.8. The predicted octanol–water partition coefficient (Wildman–Crippen LogP) is 2.78. The lowest BCUT2D eigenvalue weighted by Crippen LogP contribution is -2.28. The van der Waals surface area contributed by atoms with Gasteiger partial charge in [-0.2, -0.15) is 0 Å². The average molecular weight is 378 g/mol. The molecule has 0 saturated heterocycles. The first-order valence-corrected chi connectivity index (χ1v) is 8.97. The third-order valence-electron chi connectivity index (χ3n) is 5.24. The Morgan fingerprint density at radius 3 is 2.93 bits per heavy atom. The topological polar surface area (TPSA) is 93.0 Å². The summed E-state index contributed by atoms with van der Waals surface area (Å²) in [7, 11) is 1.62. The number of aromatic hydroxyl groups is 2. The van der Waals surface area contributed by atoms with Crippen molar-refractivity contribution in [1.29, 1.82) is 0 Å². The highest BCUT2D eigenvalue weighted by Crippen LogP contribution is 2.41. The van der Waals surface area contributed by atoms with Crippen LogP contribution >= 0.6 is 0 Å². The van der Waals surface area contributed by atoms with Crippen molar-refractivity contribution in [2.24, 2.45) is 0 Å². The highest BCUT2D eigenvalue weighted by atomic mass is 16.5. The number of fused-ring (bicyclic) bond motifs is 4. The fraction of sp³-hybridized carbons (Fsp3) is 0.190. The fourth-order valence-corrected chi connectivity index (χ4v) is 3.95. The molecule has 2 aromatic carbocycles. The maximum Gasteiger partial charge on any atom is 0.235 e. The zero-order chi connectivity index (χ0) is 19.4. The standard InChI is InChI=1S/C21H18N2O5/c1-27-12-2-3-15-13(8-12)14(16-10-22-4-5-23(15)16)9-19-21(26)20-17(25)6-11(24)7-18(20)28-19/h2-3,6-9,22,24-25H,4-5,10H2,1H3. The van der Waals surface area contributed by atoms with Crippen LogP contribution in [0, 0.1) is 0 Å². The first-order chi connectivity index (χ1) is 13.6. The van der Waals surface area contributed by atoms with Gasteiger partial charge in [0.2, 0.25) is 5.78 Å². The number of ketones is 1. The number of phenols is 2. The molecule has 0 atom stereocenters. The second-order valence-electron chi connectivity index (χ2n) is 6.85. The van der Waals surface area contributed by atoms with Gasteiger partial charge >= 0.3 is 0 Å². The molecule has 0 radical (unpaired) electrons. The van der Waals surface area contributed by atoms with Crippen LogP contribution in [0.15, 0.2) is 36.1 Å². The molecule has 2 aliphatic heterocycles. The van der Waals surface area contributed by atoms with Crippen molar-refractivity contribution in [3.05, 3.63) is 52.9 Å². The molecule has 0 bridgehead atoms. The molecule has 0 unspecified atom stereocenters. The second kappa shape index (κ2) is 6.03. The van der Waals surface area contributed by atoms with Crippen molar-refractivity contribution < 1.29 is 24.5 Å². The monoisotopic (exact) mass is 378 g/mol. The number of allylic oxidation sites excluding steroid dienone is 1. The van der Waals surface area contributed by atoms with Gasteiger partial charge < -0.3 is 29.6 Å². The Morgan fingerprint density at radius 1 is 1.25 bits per heavy atom. The number of Topliss-reactive ketones (excluding diaryl/α,β-unsaturated/α-hetero) is 1. The normalized spacial score (nSPS) is 16.9. The molecule has 0 fully saturated rings. The third kappa shape index (κ3) is 2.36. The molecule has 0 aliphatic carbocycles. The number of ether oxygens (including phenoxy) is 2. The number of carbonyl (C=O) groups excluding carboxylic acids is 1. The molecule has 0 spiro atoms. The van der Waals surface area contributed by atoms with E-state index in [4.69, 9.17) is 9.47 Å². The van der Waals surface area contributed by atoms with E-state index in [0.717, 1.165) is 47.1 Å². The summed E-state index contributed by atoms with van der Waals surface area (Å²) in [6.45, 7) is 2.36. The van der Waals surface area contributed by atoms with E-state index in [9.17, 15) is 15.0 Å². The maximum atomic E-state index is 12.8. The SMILES string of the molecule is COc1ccc2c(c1)c(C=C1Oc3cc(O)cc(O)c3C1=O)c1n2CCNC1. The largest absolute Gasteiger partial charge is 0.508 e. The van der Waals surface area contributed by atoms with Crippen molar-refractivity contribution in [1.82, 2.24) is 9.88 Å². The van der Waals surface area contributed by atoms with Crippen molar-refractivity contribution in [3.63, 3.8) is 0 Å². The summed E-state index contributed by atoms with van der Waals surface area (Å²) in [5.41, 5.74) is 3.06. The van der Waals surface area contributed by atoms with Crippen LogP contribution in [0.2, 0.25) is 0 Å². The zero-order valence-corrected chi connectivity index (χ0v) is 15.2. The number of benzene rings is 2. The van der Waals surface area contributed by atoms with Crippen LogP contribution in [0.4, 0.5) is 0 Å². The second-order valence-corrected chi connectivity index (χ2v) is 6.85. The number of nitrogens with one attached hydrogen (secondary N) is 1. The third-order valence-corrected chi connectivity index (χ3v) is 5.24. The Morgan fingerprint density at radius 2 is 2.11 bits per heavy atom. The first-order valence-electron chi connectivity index (χ1n) is 8.97. The molecule has 2 aliphatic rings. The molecule has 7 nitrogen and oxygen atoms in total. The molecule has 0 saturated carbocycles. The Bertz CT molecular complexity index is 1180. The summed E-state index contributed by atoms with van der Waals surface area (Å²) < 4.78 is 13.3. The predicted molar refractivity (Wildman–Crippen MR) is 103 cm³/mol. The van der Waals surface area contributed by atoms with Gasteiger partial charge in [0.05, 0.1) is 7.11 Å². The van der Waals surface area contributed by atoms with Crippen LogP contribution < -0.4 is 14.8 Å². The summed E-state index contributed by atoms with van der Waals surface area (Å²) in [6.07, 6.45) is 1.71. The van der Waals surface area contributed by atoms with Gasteiger partial charge in [-0.15, -0.1) is 0 Å². The van der Waals surface area contributed by atoms with Crippen molar-refractivity contribution in [3.8, 4) is 23.0 Å². The Kier molecular flexibility index (Phi) is 3.60. The minimum atomic E-state index is -0.410. The van der Waals surface area contributed by atoms with Crippen molar-refractivity contribution in [2.75, 3.05) is 13.7 Å². The Hall–Kier alpha value is -3.45. The van der Waals surface area contributed by atoms with Gasteiger partial charge in [-0.1, -0.05) is 0 Å². The van der Waals surface area contributed by atoms with Crippen molar-refractivity contribution >= 4 is 22.8 Å². The van der Waals surface area contributed by atoms with Crippen LogP contribution in [-0.4, -0.2) is 34.2 Å². The minimum absolute atomic E-state index is 0.0668. The van der Waals surface area contributed by atoms with Crippen LogP contribution in [0.25, 0.3) is 17.0 Å². The van der Waals surface area contributed by atoms with Crippen LogP contribution in [0.5, 0.6) is 23.0 Å². The minimum Gasteiger partial charge on any atom is -0.508 e. The quantitative estimate of drug-likeness (QED) is 0.594. The van der Waals surface area contributed by atoms with E-state index in [1.54, 1.807) is 13.2 Å². The number of hydrogen-bond acceptors (Lipinski definition) is 6. The lowest BCUT2D eigenvalue weighted by molar-refractivity contribution is 0.101. The van der Waals surface area contributed by atoms with Gasteiger partial charge in [0.25, 0.3) is 0 Å². The molecule has 0 amide bonds. The maximum absolute atomic E-state index is 12.8. The Labute approximate surface area is 160 Å². The number of aromatic nitrogens is 1. The highest BCUT2D eigenvalue weighted by molar-refractivity contribution is 6.17. The zero-order valence-electron chi connectivity index (χ0n) is 15.2. The van der Waals surface area contributed by atoms with E-state index in [2.05, 4.69) is 9.88 Å². The van der Waals surface area contributed by atoms with Crippen LogP contribution in [0.3, 0.4) is 0 Å². The molecule has 1 aromatic heterocycles. The first kappa shape index (κ1) is 16.7. The highest BCUT2D eigenvalue weighted by Gasteiger charge is 2.32. The fourth-order valence-electron chi connectivity index (χ4n) is 3.95. The number of methoxy groups -OCH3 is 1. The molecular formula is C21H18N2O5. The smallest absolute Gasteiger partial charge is 0.235 e. The van der Waals surface area contributed by atoms with Gasteiger partial charge in [-0.25, -0.2) is 0 Å². The molecule has 5 rings (SSSR count). The number of carbonyl (C=O) groups is 1.